The van der Waals surface area contributed by atoms with Crippen molar-refractivity contribution in [2.45, 2.75) is 31.7 Å². The summed E-state index contributed by atoms with van der Waals surface area (Å²) in [5.74, 6) is 0. The number of rotatable bonds is 2. The number of hydrogen-bond acceptors (Lipinski definition) is 2. The van der Waals surface area contributed by atoms with Gasteiger partial charge in [-0.25, -0.2) is 13.1 Å². The molecule has 1 N–H and O–H groups in total. The lowest BCUT2D eigenvalue weighted by molar-refractivity contribution is 0.468. The molecule has 1 rings (SSSR count). The molecule has 0 unspecified atom stereocenters. The Hall–Kier alpha value is -0.0900. The van der Waals surface area contributed by atoms with E-state index in [0.29, 0.717) is 0 Å². The van der Waals surface area contributed by atoms with Crippen molar-refractivity contribution in [2.75, 3.05) is 0 Å². The summed E-state index contributed by atoms with van der Waals surface area (Å²) in [6.07, 6.45) is 6.21. The second-order valence-electron chi connectivity index (χ2n) is 2.53. The summed E-state index contributed by atoms with van der Waals surface area (Å²) in [6, 6.07) is 0.200. The molecule has 1 fully saturated rings. The van der Waals surface area contributed by atoms with Gasteiger partial charge in [0.05, 0.1) is 0 Å². The van der Waals surface area contributed by atoms with Crippen LogP contribution in [0.2, 0.25) is 0 Å². The van der Waals surface area contributed by atoms with E-state index in [1.165, 1.54) is 0 Å². The van der Waals surface area contributed by atoms with Crippen LogP contribution in [0.4, 0.5) is 0 Å². The highest BCUT2D eigenvalue weighted by atomic mass is 32.2. The molecule has 0 atom stereocenters. The van der Waals surface area contributed by atoms with E-state index in [-0.39, 0.29) is 6.04 Å². The zero-order valence-corrected chi connectivity index (χ0v) is 6.64. The molecule has 4 heteroatoms. The van der Waals surface area contributed by atoms with E-state index < -0.39 is 10.9 Å². The summed E-state index contributed by atoms with van der Waals surface area (Å²) < 4.78 is 22.9. The fourth-order valence-corrected chi connectivity index (χ4v) is 1.76. The van der Waals surface area contributed by atoms with Crippen LogP contribution in [0, 0.1) is 6.42 Å². The molecule has 0 bridgehead atoms. The molecule has 0 aliphatic heterocycles. The van der Waals surface area contributed by atoms with Crippen LogP contribution in [-0.2, 0) is 10.9 Å². The summed E-state index contributed by atoms with van der Waals surface area (Å²) in [5, 5.41) is 0. The van der Waals surface area contributed by atoms with Crippen LogP contribution < -0.4 is 4.72 Å². The molecule has 1 aliphatic carbocycles. The third-order valence-corrected chi connectivity index (χ3v) is 2.30. The molecule has 0 aromatic heterocycles. The van der Waals surface area contributed by atoms with Crippen molar-refractivity contribution in [3.63, 3.8) is 0 Å². The largest absolute Gasteiger partial charge is 0.216 e. The Morgan fingerprint density at radius 3 is 2.40 bits per heavy atom. The second kappa shape index (κ2) is 3.93. The van der Waals surface area contributed by atoms with Crippen LogP contribution in [0.3, 0.4) is 0 Å². The highest BCUT2D eigenvalue weighted by Gasteiger charge is 2.12. The van der Waals surface area contributed by atoms with Crippen LogP contribution in [0.5, 0.6) is 0 Å². The van der Waals surface area contributed by atoms with Crippen molar-refractivity contribution in [3.05, 3.63) is 6.42 Å². The Morgan fingerprint density at radius 1 is 1.30 bits per heavy atom. The van der Waals surface area contributed by atoms with E-state index in [1.54, 1.807) is 0 Å². The highest BCUT2D eigenvalue weighted by Crippen LogP contribution is 2.15. The maximum atomic E-state index is 10.2. The molecule has 0 amide bonds. The zero-order valence-electron chi connectivity index (χ0n) is 5.75. The molecule has 1 saturated carbocycles. The van der Waals surface area contributed by atoms with E-state index in [4.69, 9.17) is 0 Å². The van der Waals surface area contributed by atoms with Crippen molar-refractivity contribution in [2.24, 2.45) is 0 Å². The fraction of sp³-hybridized carbons (Fsp3) is 0.833. The molecule has 10 heavy (non-hydrogen) atoms. The standard InChI is InChI=1S/C6H12NO2S/c8-10(9)7-6-4-2-1-3-5-6/h1,6,10H,2-5H2,(H,7,8,9). The van der Waals surface area contributed by atoms with Gasteiger partial charge >= 0.3 is 0 Å². The third kappa shape index (κ3) is 2.66. The first-order valence-corrected chi connectivity index (χ1v) is 4.69. The molecule has 1 radical (unpaired) electrons. The highest BCUT2D eigenvalue weighted by molar-refractivity contribution is 7.70. The SMILES string of the molecule is O=[SH](=O)NC1CC[CH]CC1. The van der Waals surface area contributed by atoms with Gasteiger partial charge in [-0.2, -0.15) is 0 Å². The molecule has 1 aliphatic rings. The second-order valence-corrected chi connectivity index (χ2v) is 3.30. The summed E-state index contributed by atoms with van der Waals surface area (Å²) in [4.78, 5) is 0. The quantitative estimate of drug-likeness (QED) is 0.572. The van der Waals surface area contributed by atoms with Gasteiger partial charge < -0.3 is 0 Å². The molecule has 0 aromatic carbocycles. The van der Waals surface area contributed by atoms with Crippen molar-refractivity contribution >= 4 is 10.9 Å². The molecule has 0 heterocycles. The minimum absolute atomic E-state index is 0.200. The van der Waals surface area contributed by atoms with E-state index in [1.807, 2.05) is 0 Å². The topological polar surface area (TPSA) is 46.2 Å². The maximum absolute atomic E-state index is 10.2. The minimum atomic E-state index is -2.39. The molecule has 0 aromatic rings. The van der Waals surface area contributed by atoms with Crippen LogP contribution in [0.1, 0.15) is 25.7 Å². The van der Waals surface area contributed by atoms with Gasteiger partial charge in [0.15, 0.2) is 0 Å². The predicted octanol–water partition coefficient (Wildman–Crippen LogP) is 0.249. The lowest BCUT2D eigenvalue weighted by atomic mass is 9.96. The normalized spacial score (nSPS) is 21.7. The van der Waals surface area contributed by atoms with Gasteiger partial charge in [-0.05, 0) is 32.1 Å². The average molecular weight is 162 g/mol. The molecular weight excluding hydrogens is 150 g/mol. The first-order valence-electron chi connectivity index (χ1n) is 3.51. The minimum Gasteiger partial charge on any atom is -0.216 e. The van der Waals surface area contributed by atoms with Crippen LogP contribution >= 0.6 is 0 Å². The summed E-state index contributed by atoms with van der Waals surface area (Å²) >= 11 is 0. The smallest absolute Gasteiger partial charge is 0.201 e. The van der Waals surface area contributed by atoms with E-state index >= 15 is 0 Å². The Balaban J connectivity index is 2.26. The maximum Gasteiger partial charge on any atom is 0.201 e. The Bertz CT molecular complexity index is 153. The number of nitrogens with one attached hydrogen (secondary N) is 1. The third-order valence-electron chi connectivity index (χ3n) is 1.73. The van der Waals surface area contributed by atoms with Crippen LogP contribution in [-0.4, -0.2) is 14.5 Å². The fourth-order valence-electron chi connectivity index (χ4n) is 1.20. The molecule has 0 saturated heterocycles. The van der Waals surface area contributed by atoms with Crippen molar-refractivity contribution in [1.82, 2.24) is 4.72 Å². The predicted molar refractivity (Wildman–Crippen MR) is 40.0 cm³/mol. The summed E-state index contributed by atoms with van der Waals surface area (Å²) in [7, 11) is -2.39. The van der Waals surface area contributed by atoms with Gasteiger partial charge in [-0.3, -0.25) is 0 Å². The molecule has 0 spiro atoms. The summed E-state index contributed by atoms with van der Waals surface area (Å²) in [5.41, 5.74) is 0. The van der Waals surface area contributed by atoms with Gasteiger partial charge in [0, 0.05) is 6.04 Å². The number of hydrogen-bond donors (Lipinski definition) is 2. The Labute approximate surface area is 62.9 Å². The van der Waals surface area contributed by atoms with Gasteiger partial charge in [0.1, 0.15) is 0 Å². The molecule has 3 nitrogen and oxygen atoms in total. The van der Waals surface area contributed by atoms with E-state index in [2.05, 4.69) is 11.1 Å². The van der Waals surface area contributed by atoms with Gasteiger partial charge in [0.25, 0.3) is 0 Å². The molecular formula is C6H12NO2S. The average Bonchev–Trinajstić information content (AvgIpc) is 1.88. The number of thiol groups is 1. The van der Waals surface area contributed by atoms with Crippen LogP contribution in [0.25, 0.3) is 0 Å². The Kier molecular flexibility index (Phi) is 3.15. The summed E-state index contributed by atoms with van der Waals surface area (Å²) in [6.45, 7) is 0. The van der Waals surface area contributed by atoms with Crippen molar-refractivity contribution in [1.29, 1.82) is 0 Å². The monoisotopic (exact) mass is 162 g/mol. The first kappa shape index (κ1) is 8.01. The van der Waals surface area contributed by atoms with Crippen molar-refractivity contribution < 1.29 is 8.42 Å². The Morgan fingerprint density at radius 2 is 1.90 bits per heavy atom. The lowest BCUT2D eigenvalue weighted by Gasteiger charge is -2.19. The molecule has 59 valence electrons. The van der Waals surface area contributed by atoms with Crippen molar-refractivity contribution in [3.8, 4) is 0 Å². The zero-order chi connectivity index (χ0) is 7.40. The van der Waals surface area contributed by atoms with Gasteiger partial charge in [-0.15, -0.1) is 0 Å². The van der Waals surface area contributed by atoms with Crippen LogP contribution in [0.15, 0.2) is 0 Å². The lowest BCUT2D eigenvalue weighted by Crippen LogP contribution is -2.29. The van der Waals surface area contributed by atoms with E-state index in [0.717, 1.165) is 25.7 Å². The van der Waals surface area contributed by atoms with Gasteiger partial charge in [-0.1, -0.05) is 0 Å². The van der Waals surface area contributed by atoms with Gasteiger partial charge in [0.2, 0.25) is 10.9 Å². The first-order chi connectivity index (χ1) is 4.79. The van der Waals surface area contributed by atoms with E-state index in [9.17, 15) is 8.42 Å².